The molecule has 2 aliphatic rings. The minimum atomic E-state index is -1.11. The molecule has 7 heteroatoms. The van der Waals surface area contributed by atoms with Gasteiger partial charge in [0.2, 0.25) is 11.8 Å². The van der Waals surface area contributed by atoms with Crippen LogP contribution in [0.2, 0.25) is 0 Å². The fourth-order valence-corrected chi connectivity index (χ4v) is 3.48. The third-order valence-electron chi connectivity index (χ3n) is 4.56. The first-order valence-electron chi connectivity index (χ1n) is 6.99. The van der Waals surface area contributed by atoms with Gasteiger partial charge in [-0.15, -0.1) is 0 Å². The molecule has 1 aliphatic heterocycles. The van der Waals surface area contributed by atoms with Crippen LogP contribution in [0.5, 0.6) is 0 Å². The number of carbonyl (C=O) groups excluding carboxylic acids is 2. The Bertz CT molecular complexity index is 612. The Morgan fingerprint density at radius 3 is 2.43 bits per heavy atom. The number of hydrogen-bond donors (Lipinski definition) is 1. The summed E-state index contributed by atoms with van der Waals surface area (Å²) in [6.07, 6.45) is 2.72. The zero-order chi connectivity index (χ0) is 15.3. The summed E-state index contributed by atoms with van der Waals surface area (Å²) < 4.78 is 1.40. The van der Waals surface area contributed by atoms with Gasteiger partial charge in [-0.2, -0.15) is 5.10 Å². The van der Waals surface area contributed by atoms with Crippen molar-refractivity contribution in [3.05, 3.63) is 17.5 Å². The first-order chi connectivity index (χ1) is 9.90. The number of carboxylic acids is 1. The number of fused-ring (bicyclic) bond motifs is 1. The van der Waals surface area contributed by atoms with Crippen LogP contribution in [-0.2, 0) is 23.2 Å². The van der Waals surface area contributed by atoms with E-state index in [9.17, 15) is 14.4 Å². The van der Waals surface area contributed by atoms with Crippen LogP contribution >= 0.6 is 0 Å². The second-order valence-electron chi connectivity index (χ2n) is 5.99. The van der Waals surface area contributed by atoms with E-state index in [0.717, 1.165) is 12.8 Å². The molecule has 3 rings (SSSR count). The number of carbonyl (C=O) groups is 3. The summed E-state index contributed by atoms with van der Waals surface area (Å²) >= 11 is 0. The fraction of sp³-hybridized carbons (Fsp3) is 0.571. The maximum absolute atomic E-state index is 12.4. The minimum Gasteiger partial charge on any atom is -0.478 e. The van der Waals surface area contributed by atoms with Gasteiger partial charge in [0.1, 0.15) is 5.56 Å². The van der Waals surface area contributed by atoms with E-state index in [4.69, 9.17) is 5.11 Å². The molecule has 2 amide bonds. The quantitative estimate of drug-likeness (QED) is 0.825. The van der Waals surface area contributed by atoms with E-state index in [1.807, 2.05) is 6.92 Å². The average Bonchev–Trinajstić information content (AvgIpc) is 3.03. The van der Waals surface area contributed by atoms with Crippen LogP contribution in [0.15, 0.2) is 6.20 Å². The highest BCUT2D eigenvalue weighted by Gasteiger charge is 2.51. The third kappa shape index (κ3) is 2.03. The molecule has 2 heterocycles. The molecular formula is C14H17N3O4. The molecule has 21 heavy (non-hydrogen) atoms. The van der Waals surface area contributed by atoms with Crippen molar-refractivity contribution in [2.75, 3.05) is 0 Å². The van der Waals surface area contributed by atoms with Crippen LogP contribution in [0, 0.1) is 17.8 Å². The number of rotatable bonds is 3. The Balaban J connectivity index is 1.87. The lowest BCUT2D eigenvalue weighted by Crippen LogP contribution is -2.33. The zero-order valence-electron chi connectivity index (χ0n) is 11.9. The van der Waals surface area contributed by atoms with Gasteiger partial charge < -0.3 is 5.11 Å². The molecule has 2 atom stereocenters. The summed E-state index contributed by atoms with van der Waals surface area (Å²) in [6, 6.07) is 0. The van der Waals surface area contributed by atoms with Gasteiger partial charge in [-0.25, -0.2) is 4.79 Å². The summed E-state index contributed by atoms with van der Waals surface area (Å²) in [5, 5.41) is 13.0. The number of imide groups is 1. The van der Waals surface area contributed by atoms with E-state index in [0.29, 0.717) is 11.6 Å². The van der Waals surface area contributed by atoms with Gasteiger partial charge in [-0.05, 0) is 18.8 Å². The minimum absolute atomic E-state index is 0.0167. The maximum Gasteiger partial charge on any atom is 0.339 e. The van der Waals surface area contributed by atoms with Crippen molar-refractivity contribution in [2.45, 2.75) is 26.3 Å². The average molecular weight is 291 g/mol. The van der Waals surface area contributed by atoms with Crippen molar-refractivity contribution in [3.63, 3.8) is 0 Å². The van der Waals surface area contributed by atoms with Crippen molar-refractivity contribution in [2.24, 2.45) is 24.8 Å². The molecule has 1 aromatic rings. The van der Waals surface area contributed by atoms with Gasteiger partial charge in [0, 0.05) is 7.05 Å². The summed E-state index contributed by atoms with van der Waals surface area (Å²) in [5.74, 6) is -1.52. The van der Waals surface area contributed by atoms with Gasteiger partial charge in [0.15, 0.2) is 0 Å². The lowest BCUT2D eigenvalue weighted by molar-refractivity contribution is -0.141. The van der Waals surface area contributed by atoms with Crippen LogP contribution in [0.25, 0.3) is 0 Å². The van der Waals surface area contributed by atoms with Gasteiger partial charge in [0.25, 0.3) is 0 Å². The Morgan fingerprint density at radius 1 is 1.33 bits per heavy atom. The van der Waals surface area contributed by atoms with E-state index in [1.165, 1.54) is 15.8 Å². The van der Waals surface area contributed by atoms with Gasteiger partial charge in [-0.1, -0.05) is 6.92 Å². The fourth-order valence-electron chi connectivity index (χ4n) is 3.48. The lowest BCUT2D eigenvalue weighted by Gasteiger charge is -2.17. The van der Waals surface area contributed by atoms with Crippen molar-refractivity contribution < 1.29 is 19.5 Å². The first kappa shape index (κ1) is 13.8. The highest BCUT2D eigenvalue weighted by Crippen LogP contribution is 2.43. The smallest absolute Gasteiger partial charge is 0.339 e. The standard InChI is InChI=1S/C14H17N3O4/c1-7-3-8-9(4-7)13(19)17(12(8)18)6-11-10(14(20)21)5-15-16(11)2/h5,7-9H,3-4,6H2,1-2H3,(H,20,21). The molecular weight excluding hydrogens is 274 g/mol. The highest BCUT2D eigenvalue weighted by molar-refractivity contribution is 6.05. The van der Waals surface area contributed by atoms with Gasteiger partial charge >= 0.3 is 5.97 Å². The largest absolute Gasteiger partial charge is 0.478 e. The SMILES string of the molecule is CC1CC2C(=O)N(Cc3c(C(=O)O)cnn3C)C(=O)C2C1. The molecule has 0 spiro atoms. The van der Waals surface area contributed by atoms with Crippen molar-refractivity contribution in [1.29, 1.82) is 0 Å². The molecule has 2 fully saturated rings. The number of likely N-dealkylation sites (tertiary alicyclic amines) is 1. The molecule has 7 nitrogen and oxygen atoms in total. The monoisotopic (exact) mass is 291 g/mol. The number of carboxylic acid groups (broad SMARTS) is 1. The Labute approximate surface area is 121 Å². The van der Waals surface area contributed by atoms with Crippen LogP contribution in [0.1, 0.15) is 35.8 Å². The van der Waals surface area contributed by atoms with Gasteiger partial charge in [-0.3, -0.25) is 19.2 Å². The van der Waals surface area contributed by atoms with Crippen molar-refractivity contribution >= 4 is 17.8 Å². The Kier molecular flexibility index (Phi) is 3.07. The van der Waals surface area contributed by atoms with E-state index in [-0.39, 0.29) is 35.8 Å². The number of nitrogens with zero attached hydrogens (tertiary/aromatic N) is 3. The summed E-state index contributed by atoms with van der Waals surface area (Å²) in [6.45, 7) is 2.03. The van der Waals surface area contributed by atoms with Crippen LogP contribution in [0.4, 0.5) is 0 Å². The zero-order valence-corrected chi connectivity index (χ0v) is 11.9. The molecule has 1 aliphatic carbocycles. The third-order valence-corrected chi connectivity index (χ3v) is 4.56. The molecule has 1 saturated heterocycles. The second kappa shape index (κ2) is 4.68. The molecule has 112 valence electrons. The topological polar surface area (TPSA) is 92.5 Å². The Hall–Kier alpha value is -2.18. The summed E-state index contributed by atoms with van der Waals surface area (Å²) in [7, 11) is 1.61. The summed E-state index contributed by atoms with van der Waals surface area (Å²) in [4.78, 5) is 37.1. The number of amides is 2. The predicted octanol–water partition coefficient (Wildman–Crippen LogP) is 0.649. The maximum atomic E-state index is 12.4. The van der Waals surface area contributed by atoms with Crippen LogP contribution in [-0.4, -0.2) is 37.6 Å². The van der Waals surface area contributed by atoms with E-state index >= 15 is 0 Å². The number of hydrogen-bond acceptors (Lipinski definition) is 4. The lowest BCUT2D eigenvalue weighted by atomic mass is 10.00. The predicted molar refractivity (Wildman–Crippen MR) is 71.1 cm³/mol. The van der Waals surface area contributed by atoms with E-state index in [1.54, 1.807) is 7.05 Å². The summed E-state index contributed by atoms with van der Waals surface area (Å²) in [5.41, 5.74) is 0.403. The molecule has 1 N–H and O–H groups in total. The van der Waals surface area contributed by atoms with Crippen LogP contribution < -0.4 is 0 Å². The molecule has 2 unspecified atom stereocenters. The van der Waals surface area contributed by atoms with Crippen molar-refractivity contribution in [3.8, 4) is 0 Å². The molecule has 0 aromatic carbocycles. The van der Waals surface area contributed by atoms with Gasteiger partial charge in [0.05, 0.1) is 30.3 Å². The van der Waals surface area contributed by atoms with E-state index < -0.39 is 5.97 Å². The number of aromatic carboxylic acids is 1. The molecule has 0 bridgehead atoms. The van der Waals surface area contributed by atoms with Crippen LogP contribution in [0.3, 0.4) is 0 Å². The second-order valence-corrected chi connectivity index (χ2v) is 5.99. The molecule has 1 saturated carbocycles. The van der Waals surface area contributed by atoms with Crippen molar-refractivity contribution in [1.82, 2.24) is 14.7 Å². The number of aryl methyl sites for hydroxylation is 1. The molecule has 1 aromatic heterocycles. The number of aromatic nitrogens is 2. The van der Waals surface area contributed by atoms with E-state index in [2.05, 4.69) is 5.10 Å². The first-order valence-corrected chi connectivity index (χ1v) is 6.99. The normalized spacial score (nSPS) is 28.3. The molecule has 0 radical (unpaired) electrons. The Morgan fingerprint density at radius 2 is 1.90 bits per heavy atom. The highest BCUT2D eigenvalue weighted by atomic mass is 16.4.